The standard InChI is InChI=1S/C22H18Cl2N2O4/c1-29-19-8-9-21(27)16(10-19)12-25-26-22(28)14-3-6-18(7-4-14)30-13-15-2-5-17(23)11-20(15)24/h2-12,27H,13H2,1H3,(H,26,28)/b25-12-. The van der Waals surface area contributed by atoms with Crippen molar-refractivity contribution in [2.24, 2.45) is 5.10 Å². The first kappa shape index (κ1) is 21.5. The minimum absolute atomic E-state index is 0.0242. The highest BCUT2D eigenvalue weighted by molar-refractivity contribution is 6.35. The number of halogens is 2. The molecule has 3 aromatic carbocycles. The summed E-state index contributed by atoms with van der Waals surface area (Å²) >= 11 is 12.0. The summed E-state index contributed by atoms with van der Waals surface area (Å²) in [7, 11) is 1.52. The highest BCUT2D eigenvalue weighted by Crippen LogP contribution is 2.23. The van der Waals surface area contributed by atoms with Crippen molar-refractivity contribution in [3.63, 3.8) is 0 Å². The summed E-state index contributed by atoms with van der Waals surface area (Å²) in [6.07, 6.45) is 1.34. The van der Waals surface area contributed by atoms with Gasteiger partial charge in [-0.15, -0.1) is 0 Å². The molecular weight excluding hydrogens is 427 g/mol. The Morgan fingerprint density at radius 3 is 2.50 bits per heavy atom. The van der Waals surface area contributed by atoms with Crippen molar-refractivity contribution < 1.29 is 19.4 Å². The molecule has 1 amide bonds. The zero-order chi connectivity index (χ0) is 21.5. The first-order chi connectivity index (χ1) is 14.5. The maximum atomic E-state index is 12.2. The van der Waals surface area contributed by atoms with Gasteiger partial charge >= 0.3 is 0 Å². The Bertz CT molecular complexity index is 1070. The van der Waals surface area contributed by atoms with E-state index < -0.39 is 5.91 Å². The number of ether oxygens (including phenoxy) is 2. The summed E-state index contributed by atoms with van der Waals surface area (Å²) in [4.78, 5) is 12.2. The molecule has 0 spiro atoms. The van der Waals surface area contributed by atoms with Crippen molar-refractivity contribution >= 4 is 35.3 Å². The minimum atomic E-state index is -0.402. The molecule has 3 rings (SSSR count). The number of amides is 1. The number of aromatic hydroxyl groups is 1. The van der Waals surface area contributed by atoms with Gasteiger partial charge in [0.2, 0.25) is 0 Å². The average molecular weight is 445 g/mol. The third-order valence-electron chi connectivity index (χ3n) is 4.13. The molecule has 6 nitrogen and oxygen atoms in total. The van der Waals surface area contributed by atoms with E-state index in [1.807, 2.05) is 0 Å². The number of hydrazone groups is 1. The molecule has 0 aliphatic rings. The van der Waals surface area contributed by atoms with Gasteiger partial charge in [0.1, 0.15) is 23.9 Å². The quantitative estimate of drug-likeness (QED) is 0.394. The molecular formula is C22H18Cl2N2O4. The molecule has 0 aromatic heterocycles. The number of hydrogen-bond donors (Lipinski definition) is 2. The molecule has 154 valence electrons. The van der Waals surface area contributed by atoms with E-state index in [1.165, 1.54) is 19.4 Å². The van der Waals surface area contributed by atoms with Gasteiger partial charge in [-0.3, -0.25) is 4.79 Å². The van der Waals surface area contributed by atoms with Gasteiger partial charge in [-0.05, 0) is 54.6 Å². The maximum absolute atomic E-state index is 12.2. The molecule has 0 radical (unpaired) electrons. The second-order valence-electron chi connectivity index (χ2n) is 6.17. The van der Waals surface area contributed by atoms with Gasteiger partial charge in [0.15, 0.2) is 0 Å². The molecule has 0 fully saturated rings. The first-order valence-electron chi connectivity index (χ1n) is 8.83. The number of carbonyl (C=O) groups is 1. The van der Waals surface area contributed by atoms with Crippen molar-refractivity contribution in [3.05, 3.63) is 87.4 Å². The molecule has 0 aliphatic carbocycles. The number of nitrogens with zero attached hydrogens (tertiary/aromatic N) is 1. The van der Waals surface area contributed by atoms with E-state index in [4.69, 9.17) is 32.7 Å². The van der Waals surface area contributed by atoms with Crippen molar-refractivity contribution in [3.8, 4) is 17.2 Å². The Hall–Kier alpha value is -3.22. The van der Waals surface area contributed by atoms with Crippen LogP contribution in [-0.2, 0) is 6.61 Å². The number of nitrogens with one attached hydrogen (secondary N) is 1. The number of rotatable bonds is 7. The smallest absolute Gasteiger partial charge is 0.271 e. The second kappa shape index (κ2) is 10.0. The Balaban J connectivity index is 1.57. The lowest BCUT2D eigenvalue weighted by atomic mass is 10.2. The van der Waals surface area contributed by atoms with Crippen LogP contribution in [0.5, 0.6) is 17.2 Å². The van der Waals surface area contributed by atoms with Crippen LogP contribution in [0.1, 0.15) is 21.5 Å². The van der Waals surface area contributed by atoms with Crippen LogP contribution in [0, 0.1) is 0 Å². The van der Waals surface area contributed by atoms with E-state index in [0.29, 0.717) is 32.7 Å². The fourth-order valence-electron chi connectivity index (χ4n) is 2.49. The van der Waals surface area contributed by atoms with Crippen LogP contribution >= 0.6 is 23.2 Å². The predicted octanol–water partition coefficient (Wildman–Crippen LogP) is 5.05. The summed E-state index contributed by atoms with van der Waals surface area (Å²) in [6, 6.07) is 16.5. The third kappa shape index (κ3) is 5.65. The summed E-state index contributed by atoms with van der Waals surface area (Å²) in [5, 5.41) is 14.8. The van der Waals surface area contributed by atoms with E-state index in [1.54, 1.807) is 54.6 Å². The lowest BCUT2D eigenvalue weighted by Gasteiger charge is -2.08. The fraction of sp³-hybridized carbons (Fsp3) is 0.0909. The molecule has 30 heavy (non-hydrogen) atoms. The lowest BCUT2D eigenvalue weighted by Crippen LogP contribution is -2.17. The summed E-state index contributed by atoms with van der Waals surface area (Å²) < 4.78 is 10.8. The zero-order valence-corrected chi connectivity index (χ0v) is 17.4. The molecule has 2 N–H and O–H groups in total. The number of methoxy groups -OCH3 is 1. The Morgan fingerprint density at radius 1 is 1.07 bits per heavy atom. The molecule has 3 aromatic rings. The number of benzene rings is 3. The van der Waals surface area contributed by atoms with Crippen molar-refractivity contribution in [1.82, 2.24) is 5.43 Å². The number of carbonyl (C=O) groups excluding carboxylic acids is 1. The van der Waals surface area contributed by atoms with Crippen LogP contribution in [0.4, 0.5) is 0 Å². The van der Waals surface area contributed by atoms with Crippen LogP contribution < -0.4 is 14.9 Å². The van der Waals surface area contributed by atoms with Crippen LogP contribution in [0.3, 0.4) is 0 Å². The van der Waals surface area contributed by atoms with Crippen LogP contribution in [0.25, 0.3) is 0 Å². The normalized spacial score (nSPS) is 10.8. The van der Waals surface area contributed by atoms with E-state index >= 15 is 0 Å². The lowest BCUT2D eigenvalue weighted by molar-refractivity contribution is 0.0955. The molecule has 0 bridgehead atoms. The Kier molecular flexibility index (Phi) is 7.17. The van der Waals surface area contributed by atoms with Crippen molar-refractivity contribution in [1.29, 1.82) is 0 Å². The molecule has 0 atom stereocenters. The summed E-state index contributed by atoms with van der Waals surface area (Å²) in [6.45, 7) is 0.274. The molecule has 8 heteroatoms. The topological polar surface area (TPSA) is 80.2 Å². The molecule has 0 unspecified atom stereocenters. The van der Waals surface area contributed by atoms with Crippen LogP contribution in [0.2, 0.25) is 10.0 Å². The van der Waals surface area contributed by atoms with Gasteiger partial charge in [-0.2, -0.15) is 5.10 Å². The van der Waals surface area contributed by atoms with Gasteiger partial charge in [0, 0.05) is 26.7 Å². The van der Waals surface area contributed by atoms with Gasteiger partial charge in [0.25, 0.3) is 5.91 Å². The van der Waals surface area contributed by atoms with Gasteiger partial charge in [0.05, 0.1) is 13.3 Å². The average Bonchev–Trinajstić information content (AvgIpc) is 2.74. The number of phenolic OH excluding ortho intramolecular Hbond substituents is 1. The molecule has 0 saturated carbocycles. The first-order valence-corrected chi connectivity index (χ1v) is 9.59. The monoisotopic (exact) mass is 444 g/mol. The van der Waals surface area contributed by atoms with Gasteiger partial charge in [-0.1, -0.05) is 29.3 Å². The second-order valence-corrected chi connectivity index (χ2v) is 7.02. The van der Waals surface area contributed by atoms with Crippen molar-refractivity contribution in [2.75, 3.05) is 7.11 Å². The molecule has 0 aliphatic heterocycles. The molecule has 0 saturated heterocycles. The predicted molar refractivity (Wildman–Crippen MR) is 117 cm³/mol. The Morgan fingerprint density at radius 2 is 1.80 bits per heavy atom. The highest BCUT2D eigenvalue weighted by Gasteiger charge is 2.07. The third-order valence-corrected chi connectivity index (χ3v) is 4.72. The SMILES string of the molecule is COc1ccc(O)c(/C=N\NC(=O)c2ccc(OCc3ccc(Cl)cc3Cl)cc2)c1. The van der Waals surface area contributed by atoms with Gasteiger partial charge in [-0.25, -0.2) is 5.43 Å². The largest absolute Gasteiger partial charge is 0.507 e. The Labute approximate surface area is 183 Å². The number of hydrogen-bond acceptors (Lipinski definition) is 5. The zero-order valence-electron chi connectivity index (χ0n) is 15.9. The van der Waals surface area contributed by atoms with E-state index in [-0.39, 0.29) is 12.4 Å². The van der Waals surface area contributed by atoms with Crippen molar-refractivity contribution in [2.45, 2.75) is 6.61 Å². The minimum Gasteiger partial charge on any atom is -0.507 e. The van der Waals surface area contributed by atoms with Crippen LogP contribution in [-0.4, -0.2) is 24.3 Å². The van der Waals surface area contributed by atoms with E-state index in [9.17, 15) is 9.90 Å². The van der Waals surface area contributed by atoms with E-state index in [2.05, 4.69) is 10.5 Å². The summed E-state index contributed by atoms with van der Waals surface area (Å²) in [5.41, 5.74) is 4.03. The van der Waals surface area contributed by atoms with E-state index in [0.717, 1.165) is 5.56 Å². The fourth-order valence-corrected chi connectivity index (χ4v) is 2.95. The summed E-state index contributed by atoms with van der Waals surface area (Å²) in [5.74, 6) is 0.774. The van der Waals surface area contributed by atoms with Gasteiger partial charge < -0.3 is 14.6 Å². The highest BCUT2D eigenvalue weighted by atomic mass is 35.5. The van der Waals surface area contributed by atoms with Crippen LogP contribution in [0.15, 0.2) is 65.8 Å². The maximum Gasteiger partial charge on any atom is 0.271 e. The molecule has 0 heterocycles. The number of phenols is 1.